The third-order valence-corrected chi connectivity index (χ3v) is 6.87. The fourth-order valence-electron chi connectivity index (χ4n) is 5.65. The van der Waals surface area contributed by atoms with Crippen molar-refractivity contribution < 1.29 is 28.8 Å². The van der Waals surface area contributed by atoms with Crippen molar-refractivity contribution in [1.82, 2.24) is 0 Å². The molecule has 25 heavy (non-hydrogen) atoms. The van der Waals surface area contributed by atoms with E-state index in [-0.39, 0.29) is 18.3 Å². The number of hydrogen-bond donors (Lipinski definition) is 1. The van der Waals surface area contributed by atoms with Crippen LogP contribution in [0.4, 0.5) is 0 Å². The van der Waals surface area contributed by atoms with Crippen LogP contribution in [0.1, 0.15) is 64.2 Å². The van der Waals surface area contributed by atoms with Gasteiger partial charge in [0.1, 0.15) is 36.6 Å². The molecule has 3 aliphatic carbocycles. The lowest BCUT2D eigenvalue weighted by Crippen LogP contribution is -2.62. The minimum atomic E-state index is -0.732. The van der Waals surface area contributed by atoms with E-state index in [2.05, 4.69) is 0 Å². The average Bonchev–Trinajstić information content (AvgIpc) is 3.17. The molecule has 0 aromatic rings. The Morgan fingerprint density at radius 3 is 1.48 bits per heavy atom. The summed E-state index contributed by atoms with van der Waals surface area (Å²) in [4.78, 5) is 0. The highest BCUT2D eigenvalue weighted by atomic mass is 16.8. The van der Waals surface area contributed by atoms with Gasteiger partial charge >= 0.3 is 0 Å². The highest BCUT2D eigenvalue weighted by Gasteiger charge is 2.65. The van der Waals surface area contributed by atoms with Gasteiger partial charge in [-0.05, 0) is 25.7 Å². The van der Waals surface area contributed by atoms with E-state index in [1.807, 2.05) is 0 Å². The molecule has 0 radical (unpaired) electrons. The molecule has 142 valence electrons. The highest BCUT2D eigenvalue weighted by Crippen LogP contribution is 2.51. The summed E-state index contributed by atoms with van der Waals surface area (Å²) in [5, 5.41) is 11.0. The number of rotatable bonds is 1. The molecule has 5 rings (SSSR count). The zero-order chi connectivity index (χ0) is 17.1. The Kier molecular flexibility index (Phi) is 4.15. The van der Waals surface area contributed by atoms with E-state index in [1.54, 1.807) is 7.11 Å². The molecule has 0 bridgehead atoms. The minimum Gasteiger partial charge on any atom is -0.387 e. The van der Waals surface area contributed by atoms with Gasteiger partial charge in [0, 0.05) is 32.8 Å². The quantitative estimate of drug-likeness (QED) is 0.779. The predicted molar refractivity (Wildman–Crippen MR) is 87.9 cm³/mol. The van der Waals surface area contributed by atoms with Crippen LogP contribution < -0.4 is 0 Å². The molecular formula is C19H30O6. The second-order valence-corrected chi connectivity index (χ2v) is 8.46. The fourth-order valence-corrected chi connectivity index (χ4v) is 5.65. The van der Waals surface area contributed by atoms with Crippen LogP contribution in [0.5, 0.6) is 0 Å². The molecule has 6 heteroatoms. The third kappa shape index (κ3) is 2.60. The first-order chi connectivity index (χ1) is 12.2. The Hall–Kier alpha value is -0.240. The Morgan fingerprint density at radius 1 is 0.680 bits per heavy atom. The summed E-state index contributed by atoms with van der Waals surface area (Å²) in [6, 6.07) is 0. The molecule has 6 nitrogen and oxygen atoms in total. The van der Waals surface area contributed by atoms with E-state index in [0.717, 1.165) is 51.4 Å². The fraction of sp³-hybridized carbons (Fsp3) is 1.00. The number of methoxy groups -OCH3 is 1. The lowest BCUT2D eigenvalue weighted by molar-refractivity contribution is -0.225. The molecule has 2 spiro atoms. The van der Waals surface area contributed by atoms with Crippen LogP contribution in [0.3, 0.4) is 0 Å². The van der Waals surface area contributed by atoms with E-state index in [1.165, 1.54) is 12.8 Å². The molecule has 5 fully saturated rings. The summed E-state index contributed by atoms with van der Waals surface area (Å²) in [6.07, 6.45) is 8.08. The first-order valence-electron chi connectivity index (χ1n) is 10.1. The Bertz CT molecular complexity index is 456. The molecule has 3 saturated carbocycles. The zero-order valence-electron chi connectivity index (χ0n) is 15.0. The summed E-state index contributed by atoms with van der Waals surface area (Å²) < 4.78 is 31.3. The molecule has 1 N–H and O–H groups in total. The van der Waals surface area contributed by atoms with Crippen LogP contribution in [0, 0.1) is 0 Å². The maximum atomic E-state index is 11.0. The van der Waals surface area contributed by atoms with Crippen LogP contribution in [-0.2, 0) is 23.7 Å². The molecule has 2 unspecified atom stereocenters. The van der Waals surface area contributed by atoms with Crippen molar-refractivity contribution in [2.75, 3.05) is 7.11 Å². The first kappa shape index (κ1) is 16.9. The van der Waals surface area contributed by atoms with Gasteiger partial charge in [-0.25, -0.2) is 0 Å². The molecule has 5 aliphatic rings. The Labute approximate surface area is 149 Å². The van der Waals surface area contributed by atoms with Gasteiger partial charge in [-0.15, -0.1) is 0 Å². The molecule has 2 aliphatic heterocycles. The van der Waals surface area contributed by atoms with Gasteiger partial charge in [0.25, 0.3) is 0 Å². The number of aliphatic hydroxyl groups excluding tert-OH is 1. The van der Waals surface area contributed by atoms with E-state index >= 15 is 0 Å². The first-order valence-corrected chi connectivity index (χ1v) is 10.1. The molecule has 2 heterocycles. The molecule has 2 saturated heterocycles. The normalized spacial score (nSPS) is 47.8. The lowest BCUT2D eigenvalue weighted by atomic mass is 9.85. The van der Waals surface area contributed by atoms with Crippen molar-refractivity contribution in [2.45, 2.75) is 112 Å². The smallest absolute Gasteiger partial charge is 0.169 e. The second kappa shape index (κ2) is 6.14. The maximum Gasteiger partial charge on any atom is 0.169 e. The molecule has 0 aromatic heterocycles. The van der Waals surface area contributed by atoms with Crippen molar-refractivity contribution in [3.63, 3.8) is 0 Å². The molecule has 6 atom stereocenters. The summed E-state index contributed by atoms with van der Waals surface area (Å²) in [5.41, 5.74) is 0. The molecule has 0 amide bonds. The van der Waals surface area contributed by atoms with Gasteiger partial charge in [0.05, 0.1) is 0 Å². The third-order valence-electron chi connectivity index (χ3n) is 6.87. The molecule has 0 aromatic carbocycles. The standard InChI is InChI=1S/C19H30O6/c1-21-15-16-13(22-18(24-16)8-4-2-5-9-18)12(20)14-17(15)25-19(23-14)10-6-3-7-11-19/h12-17,20H,2-11H2,1H3/t12?,13-,14-,15?,16-,17+/m0/s1. The van der Waals surface area contributed by atoms with E-state index < -0.39 is 29.9 Å². The average molecular weight is 354 g/mol. The maximum absolute atomic E-state index is 11.0. The van der Waals surface area contributed by atoms with E-state index in [9.17, 15) is 5.11 Å². The Balaban J connectivity index is 1.40. The van der Waals surface area contributed by atoms with Gasteiger partial charge in [0.2, 0.25) is 0 Å². The monoisotopic (exact) mass is 354 g/mol. The van der Waals surface area contributed by atoms with Crippen molar-refractivity contribution in [2.24, 2.45) is 0 Å². The van der Waals surface area contributed by atoms with Crippen molar-refractivity contribution in [3.8, 4) is 0 Å². The Morgan fingerprint density at radius 2 is 1.08 bits per heavy atom. The number of ether oxygens (including phenoxy) is 5. The van der Waals surface area contributed by atoms with Crippen LogP contribution in [-0.4, -0.2) is 60.4 Å². The van der Waals surface area contributed by atoms with Gasteiger partial charge in [0.15, 0.2) is 11.6 Å². The SMILES string of the molecule is COC1[C@H]2OC3(CCCCC3)O[C@H]2C(O)[C@@H]2OC3(CCCCC3)O[C@@H]12. The summed E-state index contributed by atoms with van der Waals surface area (Å²) in [7, 11) is 1.70. The number of fused-ring (bicyclic) bond motifs is 2. The summed E-state index contributed by atoms with van der Waals surface area (Å²) >= 11 is 0. The van der Waals surface area contributed by atoms with E-state index in [0.29, 0.717) is 0 Å². The second-order valence-electron chi connectivity index (χ2n) is 8.46. The van der Waals surface area contributed by atoms with Gasteiger partial charge < -0.3 is 28.8 Å². The lowest BCUT2D eigenvalue weighted by Gasteiger charge is -2.39. The van der Waals surface area contributed by atoms with Crippen molar-refractivity contribution in [1.29, 1.82) is 0 Å². The number of aliphatic hydroxyl groups is 1. The molecular weight excluding hydrogens is 324 g/mol. The van der Waals surface area contributed by atoms with Crippen molar-refractivity contribution in [3.05, 3.63) is 0 Å². The van der Waals surface area contributed by atoms with Gasteiger partial charge in [-0.1, -0.05) is 12.8 Å². The highest BCUT2D eigenvalue weighted by molar-refractivity contribution is 5.10. The van der Waals surface area contributed by atoms with Gasteiger partial charge in [-0.2, -0.15) is 0 Å². The van der Waals surface area contributed by atoms with Gasteiger partial charge in [-0.3, -0.25) is 0 Å². The minimum absolute atomic E-state index is 0.263. The van der Waals surface area contributed by atoms with Crippen LogP contribution in [0.25, 0.3) is 0 Å². The van der Waals surface area contributed by atoms with Crippen LogP contribution in [0.2, 0.25) is 0 Å². The van der Waals surface area contributed by atoms with Crippen LogP contribution in [0.15, 0.2) is 0 Å². The summed E-state index contributed by atoms with van der Waals surface area (Å²) in [6.45, 7) is 0. The summed E-state index contributed by atoms with van der Waals surface area (Å²) in [5.74, 6) is -1.10. The van der Waals surface area contributed by atoms with Crippen molar-refractivity contribution >= 4 is 0 Å². The topological polar surface area (TPSA) is 66.4 Å². The predicted octanol–water partition coefficient (Wildman–Crippen LogP) is 2.26. The zero-order valence-corrected chi connectivity index (χ0v) is 15.0. The van der Waals surface area contributed by atoms with E-state index in [4.69, 9.17) is 23.7 Å². The van der Waals surface area contributed by atoms with Crippen LogP contribution >= 0.6 is 0 Å². The largest absolute Gasteiger partial charge is 0.387 e. The number of hydrogen-bond acceptors (Lipinski definition) is 6.